The molecule has 4 N–H and O–H groups in total. The minimum absolute atomic E-state index is 0.00900. The summed E-state index contributed by atoms with van der Waals surface area (Å²) in [7, 11) is 0. The molecular formula is C12H25N5O. The van der Waals surface area contributed by atoms with Crippen LogP contribution in [0.15, 0.2) is 0 Å². The molecule has 1 aliphatic heterocycles. The van der Waals surface area contributed by atoms with Crippen molar-refractivity contribution in [2.24, 2.45) is 5.73 Å². The van der Waals surface area contributed by atoms with Gasteiger partial charge in [-0.1, -0.05) is 0 Å². The zero-order valence-corrected chi connectivity index (χ0v) is 11.8. The highest BCUT2D eigenvalue weighted by atomic mass is 16.2. The Morgan fingerprint density at radius 3 is 2.17 bits per heavy atom. The Hall–Kier alpha value is -1.30. The average Bonchev–Trinajstić information content (AvgIpc) is 2.28. The molecule has 0 aromatic heterocycles. The Labute approximate surface area is 109 Å². The number of piperazine rings is 1. The van der Waals surface area contributed by atoms with Crippen molar-refractivity contribution in [3.8, 4) is 0 Å². The molecule has 0 spiro atoms. The smallest absolute Gasteiger partial charge is 0.317 e. The molecule has 0 atom stereocenters. The number of urea groups is 1. The minimum atomic E-state index is -0.430. The SMILES string of the molecule is CC(C)NC(=O)N1CCN(C(C)(C)C(=N)N)CC1. The molecule has 1 heterocycles. The molecule has 0 unspecified atom stereocenters. The predicted molar refractivity (Wildman–Crippen MR) is 72.8 cm³/mol. The molecule has 0 radical (unpaired) electrons. The van der Waals surface area contributed by atoms with Gasteiger partial charge in [-0.2, -0.15) is 0 Å². The molecular weight excluding hydrogens is 230 g/mol. The first-order valence-corrected chi connectivity index (χ1v) is 6.40. The second kappa shape index (κ2) is 5.56. The summed E-state index contributed by atoms with van der Waals surface area (Å²) in [5.41, 5.74) is 5.18. The number of carbonyl (C=O) groups excluding carboxylic acids is 1. The zero-order chi connectivity index (χ0) is 13.9. The van der Waals surface area contributed by atoms with Gasteiger partial charge in [0.15, 0.2) is 0 Å². The lowest BCUT2D eigenvalue weighted by Crippen LogP contribution is -2.61. The van der Waals surface area contributed by atoms with Gasteiger partial charge in [-0.3, -0.25) is 10.3 Å². The molecule has 0 saturated carbocycles. The van der Waals surface area contributed by atoms with Crippen molar-refractivity contribution in [2.75, 3.05) is 26.2 Å². The van der Waals surface area contributed by atoms with E-state index in [0.29, 0.717) is 13.1 Å². The maximum atomic E-state index is 11.8. The summed E-state index contributed by atoms with van der Waals surface area (Å²) >= 11 is 0. The van der Waals surface area contributed by atoms with Gasteiger partial charge in [-0.05, 0) is 27.7 Å². The van der Waals surface area contributed by atoms with Gasteiger partial charge in [0.1, 0.15) is 5.84 Å². The van der Waals surface area contributed by atoms with Crippen LogP contribution in [0.4, 0.5) is 4.79 Å². The topological polar surface area (TPSA) is 85.5 Å². The summed E-state index contributed by atoms with van der Waals surface area (Å²) in [6, 6.07) is 0.148. The molecule has 104 valence electrons. The highest BCUT2D eigenvalue weighted by Gasteiger charge is 2.33. The zero-order valence-electron chi connectivity index (χ0n) is 11.8. The standard InChI is InChI=1S/C12H25N5O/c1-9(2)15-11(18)16-5-7-17(8-6-16)12(3,4)10(13)14/h9H,5-8H2,1-4H3,(H3,13,14)(H,15,18). The first kappa shape index (κ1) is 14.8. The van der Waals surface area contributed by atoms with Gasteiger partial charge >= 0.3 is 6.03 Å². The van der Waals surface area contributed by atoms with E-state index < -0.39 is 5.54 Å². The molecule has 0 aliphatic carbocycles. The summed E-state index contributed by atoms with van der Waals surface area (Å²) in [5.74, 6) is 0.169. The van der Waals surface area contributed by atoms with Crippen LogP contribution in [0.1, 0.15) is 27.7 Å². The molecule has 1 rings (SSSR count). The average molecular weight is 255 g/mol. The minimum Gasteiger partial charge on any atom is -0.386 e. The first-order chi connectivity index (χ1) is 8.25. The molecule has 2 amide bonds. The third kappa shape index (κ3) is 3.35. The third-order valence-electron chi connectivity index (χ3n) is 3.43. The summed E-state index contributed by atoms with van der Waals surface area (Å²) in [5, 5.41) is 10.5. The van der Waals surface area contributed by atoms with Gasteiger partial charge in [0, 0.05) is 32.2 Å². The van der Waals surface area contributed by atoms with E-state index in [9.17, 15) is 4.79 Å². The van der Waals surface area contributed by atoms with E-state index in [4.69, 9.17) is 11.1 Å². The van der Waals surface area contributed by atoms with Crippen LogP contribution in [0.5, 0.6) is 0 Å². The first-order valence-electron chi connectivity index (χ1n) is 6.40. The van der Waals surface area contributed by atoms with Crippen molar-refractivity contribution in [1.82, 2.24) is 15.1 Å². The number of carbonyl (C=O) groups is 1. The van der Waals surface area contributed by atoms with E-state index in [-0.39, 0.29) is 17.9 Å². The number of rotatable bonds is 3. The van der Waals surface area contributed by atoms with Crippen molar-refractivity contribution in [3.05, 3.63) is 0 Å². The number of hydrogen-bond donors (Lipinski definition) is 3. The van der Waals surface area contributed by atoms with E-state index in [1.807, 2.05) is 32.6 Å². The second-order valence-corrected chi connectivity index (χ2v) is 5.55. The maximum Gasteiger partial charge on any atom is 0.317 e. The number of amides is 2. The van der Waals surface area contributed by atoms with Crippen molar-refractivity contribution in [2.45, 2.75) is 39.3 Å². The van der Waals surface area contributed by atoms with Crippen LogP contribution in [0.25, 0.3) is 0 Å². The molecule has 0 aromatic carbocycles. The fourth-order valence-electron chi connectivity index (χ4n) is 1.98. The lowest BCUT2D eigenvalue weighted by Gasteiger charge is -2.43. The lowest BCUT2D eigenvalue weighted by atomic mass is 10.0. The Morgan fingerprint density at radius 2 is 1.78 bits per heavy atom. The van der Waals surface area contributed by atoms with Gasteiger partial charge in [-0.25, -0.2) is 4.79 Å². The van der Waals surface area contributed by atoms with E-state index >= 15 is 0 Å². The van der Waals surface area contributed by atoms with E-state index in [1.165, 1.54) is 0 Å². The van der Waals surface area contributed by atoms with Crippen LogP contribution >= 0.6 is 0 Å². The number of nitrogens with one attached hydrogen (secondary N) is 2. The summed E-state index contributed by atoms with van der Waals surface area (Å²) < 4.78 is 0. The van der Waals surface area contributed by atoms with Gasteiger partial charge in [0.2, 0.25) is 0 Å². The van der Waals surface area contributed by atoms with Gasteiger partial charge in [0.25, 0.3) is 0 Å². The van der Waals surface area contributed by atoms with Gasteiger partial charge in [-0.15, -0.1) is 0 Å². The fraction of sp³-hybridized carbons (Fsp3) is 0.833. The van der Waals surface area contributed by atoms with Crippen molar-refractivity contribution in [3.63, 3.8) is 0 Å². The molecule has 1 saturated heterocycles. The van der Waals surface area contributed by atoms with Crippen LogP contribution in [-0.4, -0.2) is 59.4 Å². The van der Waals surface area contributed by atoms with E-state index in [2.05, 4.69) is 10.2 Å². The highest BCUT2D eigenvalue weighted by Crippen LogP contribution is 2.16. The van der Waals surface area contributed by atoms with E-state index in [1.54, 1.807) is 0 Å². The quantitative estimate of drug-likeness (QED) is 0.505. The monoisotopic (exact) mass is 255 g/mol. The van der Waals surface area contributed by atoms with Crippen LogP contribution in [0.2, 0.25) is 0 Å². The molecule has 6 heteroatoms. The largest absolute Gasteiger partial charge is 0.386 e. The summed E-state index contributed by atoms with van der Waals surface area (Å²) in [4.78, 5) is 15.8. The maximum absolute atomic E-state index is 11.8. The van der Waals surface area contributed by atoms with Crippen LogP contribution in [-0.2, 0) is 0 Å². The normalized spacial score (nSPS) is 17.9. The number of hydrogen-bond acceptors (Lipinski definition) is 3. The molecule has 1 fully saturated rings. The summed E-state index contributed by atoms with van der Waals surface area (Å²) in [6.07, 6.45) is 0. The lowest BCUT2D eigenvalue weighted by molar-refractivity contribution is 0.0961. The van der Waals surface area contributed by atoms with Gasteiger partial charge in [0.05, 0.1) is 5.54 Å². The Kier molecular flexibility index (Phi) is 4.56. The second-order valence-electron chi connectivity index (χ2n) is 5.55. The summed E-state index contributed by atoms with van der Waals surface area (Å²) in [6.45, 7) is 10.6. The number of nitrogens with zero attached hydrogens (tertiary/aromatic N) is 2. The number of nitrogens with two attached hydrogens (primary N) is 1. The molecule has 0 bridgehead atoms. The molecule has 6 nitrogen and oxygen atoms in total. The fourth-order valence-corrected chi connectivity index (χ4v) is 1.98. The molecule has 18 heavy (non-hydrogen) atoms. The van der Waals surface area contributed by atoms with E-state index in [0.717, 1.165) is 13.1 Å². The van der Waals surface area contributed by atoms with Crippen LogP contribution < -0.4 is 11.1 Å². The predicted octanol–water partition coefficient (Wildman–Crippen LogP) is 0.437. The number of amidine groups is 1. The Bertz CT molecular complexity index is 318. The van der Waals surface area contributed by atoms with Crippen LogP contribution in [0, 0.1) is 5.41 Å². The van der Waals surface area contributed by atoms with Crippen LogP contribution in [0.3, 0.4) is 0 Å². The van der Waals surface area contributed by atoms with Crippen molar-refractivity contribution < 1.29 is 4.79 Å². The van der Waals surface area contributed by atoms with Crippen molar-refractivity contribution >= 4 is 11.9 Å². The van der Waals surface area contributed by atoms with Gasteiger partial charge < -0.3 is 16.0 Å². The molecule has 1 aliphatic rings. The Morgan fingerprint density at radius 1 is 1.28 bits per heavy atom. The van der Waals surface area contributed by atoms with Crippen molar-refractivity contribution in [1.29, 1.82) is 5.41 Å². The highest BCUT2D eigenvalue weighted by molar-refractivity contribution is 5.86. The third-order valence-corrected chi connectivity index (χ3v) is 3.43. The molecule has 0 aromatic rings. The Balaban J connectivity index is 2.51.